The van der Waals surface area contributed by atoms with Crippen LogP contribution < -0.4 is 10.5 Å². The number of aromatic hydroxyl groups is 1. The van der Waals surface area contributed by atoms with Gasteiger partial charge in [-0.15, -0.1) is 0 Å². The summed E-state index contributed by atoms with van der Waals surface area (Å²) in [5, 5.41) is 9.62. The Morgan fingerprint density at radius 1 is 1.28 bits per heavy atom. The molecule has 18 heavy (non-hydrogen) atoms. The molecule has 1 aromatic heterocycles. The molecule has 6 nitrogen and oxygen atoms in total. The Morgan fingerprint density at radius 2 is 2.06 bits per heavy atom. The van der Waals surface area contributed by atoms with Gasteiger partial charge in [-0.2, -0.15) is 4.98 Å². The lowest BCUT2D eigenvalue weighted by Crippen LogP contribution is -2.37. The highest BCUT2D eigenvalue weighted by molar-refractivity contribution is 5.77. The fraction of sp³-hybridized carbons (Fsp3) is 0.333. The van der Waals surface area contributed by atoms with E-state index >= 15 is 0 Å². The van der Waals surface area contributed by atoms with Gasteiger partial charge in [0.05, 0.1) is 18.6 Å². The van der Waals surface area contributed by atoms with Crippen molar-refractivity contribution in [2.75, 3.05) is 31.2 Å². The second-order valence-corrected chi connectivity index (χ2v) is 4.08. The molecule has 94 valence electrons. The van der Waals surface area contributed by atoms with Crippen molar-refractivity contribution in [3.63, 3.8) is 0 Å². The monoisotopic (exact) mass is 248 g/mol. The number of aromatic nitrogens is 1. The summed E-state index contributed by atoms with van der Waals surface area (Å²) in [6, 6.07) is 4.71. The molecular formula is C12H12N2O4. The normalized spacial score (nSPS) is 16.1. The minimum Gasteiger partial charge on any atom is -0.508 e. The van der Waals surface area contributed by atoms with E-state index in [0.29, 0.717) is 37.9 Å². The third-order valence-electron chi connectivity index (χ3n) is 2.87. The largest absolute Gasteiger partial charge is 0.508 e. The molecule has 2 aromatic rings. The molecule has 0 saturated carbocycles. The van der Waals surface area contributed by atoms with Crippen molar-refractivity contribution in [2.45, 2.75) is 0 Å². The first kappa shape index (κ1) is 11.0. The van der Waals surface area contributed by atoms with Crippen LogP contribution in [0.2, 0.25) is 0 Å². The van der Waals surface area contributed by atoms with Gasteiger partial charge in [0.2, 0.25) is 0 Å². The van der Waals surface area contributed by atoms with Gasteiger partial charge in [-0.3, -0.25) is 4.79 Å². The Kier molecular flexibility index (Phi) is 2.64. The number of phenols is 1. The van der Waals surface area contributed by atoms with E-state index < -0.39 is 5.56 Å². The number of fused-ring (bicyclic) bond motifs is 1. The van der Waals surface area contributed by atoms with Crippen LogP contribution in [-0.4, -0.2) is 36.4 Å². The van der Waals surface area contributed by atoms with Crippen LogP contribution in [0.15, 0.2) is 27.4 Å². The Bertz CT molecular complexity index is 632. The summed E-state index contributed by atoms with van der Waals surface area (Å²) in [6.45, 7) is 2.50. The van der Waals surface area contributed by atoms with Crippen molar-refractivity contribution in [2.24, 2.45) is 0 Å². The van der Waals surface area contributed by atoms with Gasteiger partial charge < -0.3 is 19.2 Å². The zero-order valence-corrected chi connectivity index (χ0v) is 9.63. The van der Waals surface area contributed by atoms with Crippen molar-refractivity contribution in [1.82, 2.24) is 4.98 Å². The molecule has 1 N–H and O–H groups in total. The lowest BCUT2D eigenvalue weighted by atomic mass is 10.2. The van der Waals surface area contributed by atoms with Gasteiger partial charge in [-0.1, -0.05) is 0 Å². The summed E-state index contributed by atoms with van der Waals surface area (Å²) < 4.78 is 10.8. The molecule has 1 saturated heterocycles. The molecule has 1 aliphatic rings. The molecule has 1 aliphatic heterocycles. The SMILES string of the molecule is O=c1nc(N2CCOCC2)oc2ccc(O)cc12. The molecule has 0 spiro atoms. The maximum absolute atomic E-state index is 11.9. The standard InChI is InChI=1S/C12H12N2O4/c15-8-1-2-10-9(7-8)11(16)13-12(18-10)14-3-5-17-6-4-14/h1-2,7,15H,3-6H2. The number of anilines is 1. The van der Waals surface area contributed by atoms with Crippen molar-refractivity contribution in [3.05, 3.63) is 28.6 Å². The van der Waals surface area contributed by atoms with Crippen LogP contribution >= 0.6 is 0 Å². The Balaban J connectivity index is 2.09. The summed E-state index contributed by atoms with van der Waals surface area (Å²) in [5.74, 6) is 0.0238. The third-order valence-corrected chi connectivity index (χ3v) is 2.87. The van der Waals surface area contributed by atoms with Crippen LogP contribution in [0.4, 0.5) is 6.01 Å². The lowest BCUT2D eigenvalue weighted by molar-refractivity contribution is 0.120. The Hall–Kier alpha value is -2.08. The maximum atomic E-state index is 11.9. The predicted molar refractivity (Wildman–Crippen MR) is 65.0 cm³/mol. The predicted octanol–water partition coefficient (Wildman–Crippen LogP) is 0.730. The van der Waals surface area contributed by atoms with E-state index in [1.807, 2.05) is 4.90 Å². The number of ether oxygens (including phenoxy) is 1. The Labute approximate surface area is 102 Å². The summed E-state index contributed by atoms with van der Waals surface area (Å²) in [7, 11) is 0. The van der Waals surface area contributed by atoms with Crippen LogP contribution in [0.1, 0.15) is 0 Å². The van der Waals surface area contributed by atoms with Crippen molar-refractivity contribution >= 4 is 17.0 Å². The fourth-order valence-corrected chi connectivity index (χ4v) is 1.93. The van der Waals surface area contributed by atoms with Gasteiger partial charge in [0, 0.05) is 13.1 Å². The van der Waals surface area contributed by atoms with Gasteiger partial charge in [0.25, 0.3) is 5.56 Å². The molecule has 2 heterocycles. The van der Waals surface area contributed by atoms with E-state index in [4.69, 9.17) is 9.15 Å². The number of rotatable bonds is 1. The van der Waals surface area contributed by atoms with Gasteiger partial charge in [0.15, 0.2) is 0 Å². The van der Waals surface area contributed by atoms with E-state index in [-0.39, 0.29) is 11.1 Å². The molecule has 0 unspecified atom stereocenters. The fourth-order valence-electron chi connectivity index (χ4n) is 1.93. The van der Waals surface area contributed by atoms with E-state index in [0.717, 1.165) is 0 Å². The molecule has 0 bridgehead atoms. The first-order valence-corrected chi connectivity index (χ1v) is 5.70. The van der Waals surface area contributed by atoms with Crippen LogP contribution in [0, 0.1) is 0 Å². The third kappa shape index (κ3) is 1.91. The summed E-state index contributed by atoms with van der Waals surface area (Å²) in [6.07, 6.45) is 0. The topological polar surface area (TPSA) is 75.8 Å². The van der Waals surface area contributed by atoms with Crippen molar-refractivity contribution in [1.29, 1.82) is 0 Å². The molecule has 3 rings (SSSR count). The van der Waals surface area contributed by atoms with E-state index in [1.165, 1.54) is 12.1 Å². The number of benzene rings is 1. The van der Waals surface area contributed by atoms with Crippen LogP contribution in [-0.2, 0) is 4.74 Å². The highest BCUT2D eigenvalue weighted by Gasteiger charge is 2.16. The smallest absolute Gasteiger partial charge is 0.301 e. The van der Waals surface area contributed by atoms with E-state index in [9.17, 15) is 9.90 Å². The Morgan fingerprint density at radius 3 is 2.83 bits per heavy atom. The number of hydrogen-bond donors (Lipinski definition) is 1. The average Bonchev–Trinajstić information content (AvgIpc) is 2.40. The maximum Gasteiger partial charge on any atom is 0.301 e. The first-order valence-electron chi connectivity index (χ1n) is 5.70. The van der Waals surface area contributed by atoms with Gasteiger partial charge in [-0.05, 0) is 18.2 Å². The zero-order chi connectivity index (χ0) is 12.5. The molecule has 1 aromatic carbocycles. The van der Waals surface area contributed by atoms with Crippen molar-refractivity contribution in [3.8, 4) is 5.75 Å². The average molecular weight is 248 g/mol. The summed E-state index contributed by atoms with van der Waals surface area (Å²) in [5.41, 5.74) is 0.0305. The van der Waals surface area contributed by atoms with Gasteiger partial charge in [0.1, 0.15) is 11.3 Å². The molecule has 6 heteroatoms. The van der Waals surface area contributed by atoms with Crippen molar-refractivity contribution < 1.29 is 14.3 Å². The minimum absolute atomic E-state index is 0.0238. The van der Waals surface area contributed by atoms with Crippen LogP contribution in [0.5, 0.6) is 5.75 Å². The molecule has 0 radical (unpaired) electrons. The lowest BCUT2D eigenvalue weighted by Gasteiger charge is -2.25. The highest BCUT2D eigenvalue weighted by atomic mass is 16.5. The molecule has 0 aliphatic carbocycles. The van der Waals surface area contributed by atoms with Crippen LogP contribution in [0.25, 0.3) is 11.0 Å². The second-order valence-electron chi connectivity index (χ2n) is 4.08. The number of nitrogens with zero attached hydrogens (tertiary/aromatic N) is 2. The molecule has 0 atom stereocenters. The van der Waals surface area contributed by atoms with Crippen LogP contribution in [0.3, 0.4) is 0 Å². The number of morpholine rings is 1. The van der Waals surface area contributed by atoms with E-state index in [1.54, 1.807) is 6.07 Å². The van der Waals surface area contributed by atoms with Gasteiger partial charge in [-0.25, -0.2) is 0 Å². The molecule has 1 fully saturated rings. The molecule has 0 amide bonds. The zero-order valence-electron chi connectivity index (χ0n) is 9.63. The quantitative estimate of drug-likeness (QED) is 0.801. The molecular weight excluding hydrogens is 236 g/mol. The number of hydrogen-bond acceptors (Lipinski definition) is 6. The van der Waals surface area contributed by atoms with Gasteiger partial charge >= 0.3 is 6.01 Å². The highest BCUT2D eigenvalue weighted by Crippen LogP contribution is 2.20. The second kappa shape index (κ2) is 4.30. The number of phenolic OH excluding ortho intramolecular Hbond substituents is 1. The minimum atomic E-state index is -0.395. The summed E-state index contributed by atoms with van der Waals surface area (Å²) >= 11 is 0. The van der Waals surface area contributed by atoms with E-state index in [2.05, 4.69) is 4.98 Å². The first-order chi connectivity index (χ1) is 8.74. The summed E-state index contributed by atoms with van der Waals surface area (Å²) in [4.78, 5) is 17.6.